The summed E-state index contributed by atoms with van der Waals surface area (Å²) in [4.78, 5) is 11.5. The van der Waals surface area contributed by atoms with E-state index in [1.165, 1.54) is 4.72 Å². The van der Waals surface area contributed by atoms with E-state index in [0.29, 0.717) is 5.41 Å². The van der Waals surface area contributed by atoms with Crippen molar-refractivity contribution in [2.45, 2.75) is 0 Å². The maximum Gasteiger partial charge on any atom is 0.285 e. The summed E-state index contributed by atoms with van der Waals surface area (Å²) in [6.45, 7) is 0. The van der Waals surface area contributed by atoms with Gasteiger partial charge in [-0.2, -0.15) is 4.72 Å². The number of carbonyl (C=O) groups is 1. The lowest BCUT2D eigenvalue weighted by atomic mass is 10.1. The molecule has 3 nitrogen and oxygen atoms in total. The molecule has 0 heterocycles. The van der Waals surface area contributed by atoms with Crippen LogP contribution in [0.2, 0.25) is 0 Å². The van der Waals surface area contributed by atoms with Crippen molar-refractivity contribution in [3.8, 4) is 0 Å². The molecule has 2 rings (SSSR count). The summed E-state index contributed by atoms with van der Waals surface area (Å²) >= 11 is -2.67. The normalized spacial score (nSPS) is 12.7. The van der Waals surface area contributed by atoms with Crippen LogP contribution in [0.15, 0.2) is 11.5 Å². The summed E-state index contributed by atoms with van der Waals surface area (Å²) in [5, 5.41) is 0.294. The van der Waals surface area contributed by atoms with Crippen LogP contribution < -0.4 is 4.72 Å². The van der Waals surface area contributed by atoms with Crippen molar-refractivity contribution < 1.29 is 53.3 Å². The second kappa shape index (κ2) is 9.43. The quantitative estimate of drug-likeness (QED) is 0.226. The Morgan fingerprint density at radius 2 is 0.935 bits per heavy atom. The van der Waals surface area contributed by atoms with Gasteiger partial charge >= 0.3 is 0 Å². The van der Waals surface area contributed by atoms with Gasteiger partial charge in [0.25, 0.3) is 5.91 Å². The average Bonchev–Trinajstić information content (AvgIpc) is 2.73. The second-order valence-electron chi connectivity index (χ2n) is 5.37. The molecular weight excluding hydrogens is 472 g/mol. The van der Waals surface area contributed by atoms with E-state index >= 15 is 0 Å². The summed E-state index contributed by atoms with van der Waals surface area (Å²) in [6, 6.07) is 0. The summed E-state index contributed by atoms with van der Waals surface area (Å²) in [7, 11) is 0. The molecule has 0 spiro atoms. The fourth-order valence-electron chi connectivity index (χ4n) is 1.99. The van der Waals surface area contributed by atoms with E-state index in [2.05, 4.69) is 0 Å². The molecule has 1 N–H and O–H groups in total. The minimum atomic E-state index is -2.67. The number of hydrogen-bond donors (Lipinski definition) is 1. The number of rotatable bonds is 5. The van der Waals surface area contributed by atoms with Crippen molar-refractivity contribution in [3.63, 3.8) is 0 Å². The van der Waals surface area contributed by atoms with Crippen LogP contribution in [0.1, 0.15) is 11.1 Å². The Morgan fingerprint density at radius 3 is 1.32 bits per heavy atom. The van der Waals surface area contributed by atoms with E-state index in [4.69, 9.17) is 0 Å². The van der Waals surface area contributed by atoms with Gasteiger partial charge in [0.15, 0.2) is 46.5 Å². The number of nitrogens with one attached hydrogen (secondary N) is 1. The Bertz CT molecular complexity index is 1060. The van der Waals surface area contributed by atoms with Crippen LogP contribution in [-0.2, 0) is 16.2 Å². The van der Waals surface area contributed by atoms with Crippen molar-refractivity contribution in [3.05, 3.63) is 80.8 Å². The van der Waals surface area contributed by atoms with Gasteiger partial charge < -0.3 is 4.55 Å². The first-order valence-electron chi connectivity index (χ1n) is 7.48. The Labute approximate surface area is 169 Å². The molecule has 0 aromatic heterocycles. The van der Waals surface area contributed by atoms with Crippen LogP contribution in [0.5, 0.6) is 0 Å². The summed E-state index contributed by atoms with van der Waals surface area (Å²) in [6.07, 6.45) is 0.569. The molecule has 1 atom stereocenters. The van der Waals surface area contributed by atoms with Crippen molar-refractivity contribution in [1.29, 1.82) is 0 Å². The minimum Gasteiger partial charge on any atom is -0.588 e. The van der Waals surface area contributed by atoms with E-state index in [1.54, 1.807) is 0 Å². The van der Waals surface area contributed by atoms with Crippen LogP contribution in [0.4, 0.5) is 43.9 Å². The van der Waals surface area contributed by atoms with Crippen molar-refractivity contribution >= 4 is 29.4 Å². The van der Waals surface area contributed by atoms with E-state index in [9.17, 15) is 53.3 Å². The Balaban J connectivity index is 2.18. The molecule has 0 bridgehead atoms. The summed E-state index contributed by atoms with van der Waals surface area (Å²) in [5.74, 6) is -24.4. The monoisotopic (exact) mass is 477 g/mol. The van der Waals surface area contributed by atoms with Gasteiger partial charge in [0.1, 0.15) is 16.8 Å². The molecule has 166 valence electrons. The Morgan fingerprint density at radius 1 is 0.613 bits per heavy atom. The highest BCUT2D eigenvalue weighted by atomic mass is 32.2. The molecule has 14 heteroatoms. The topological polar surface area (TPSA) is 52.2 Å². The number of amides is 1. The predicted octanol–water partition coefficient (Wildman–Crippen LogP) is 4.54. The highest BCUT2D eigenvalue weighted by Gasteiger charge is 2.26. The van der Waals surface area contributed by atoms with Gasteiger partial charge in [0.05, 0.1) is 11.1 Å². The van der Waals surface area contributed by atoms with E-state index in [-0.39, 0.29) is 18.2 Å². The fraction of sp³-hybridized carbons (Fsp3) is 0. The molecule has 0 radical (unpaired) electrons. The fourth-order valence-corrected chi connectivity index (χ4v) is 2.59. The van der Waals surface area contributed by atoms with Crippen LogP contribution in [0.25, 0.3) is 12.2 Å². The number of halogens is 10. The number of carbonyl (C=O) groups excluding carboxylic acids is 1. The highest BCUT2D eigenvalue weighted by Crippen LogP contribution is 2.25. The summed E-state index contributed by atoms with van der Waals surface area (Å²) < 4.78 is 145. The lowest BCUT2D eigenvalue weighted by Crippen LogP contribution is -2.27. The van der Waals surface area contributed by atoms with Gasteiger partial charge in [-0.25, -0.2) is 43.9 Å². The first-order chi connectivity index (χ1) is 14.4. The van der Waals surface area contributed by atoms with Crippen LogP contribution in [-0.4, -0.2) is 10.5 Å². The van der Waals surface area contributed by atoms with Gasteiger partial charge in [0, 0.05) is 12.2 Å². The lowest BCUT2D eigenvalue weighted by molar-refractivity contribution is -0.114. The zero-order valence-electron chi connectivity index (χ0n) is 14.3. The predicted molar refractivity (Wildman–Crippen MR) is 86.8 cm³/mol. The van der Waals surface area contributed by atoms with Crippen molar-refractivity contribution in [2.24, 2.45) is 0 Å². The molecule has 0 aliphatic carbocycles. The minimum absolute atomic E-state index is 0.163. The van der Waals surface area contributed by atoms with Gasteiger partial charge in [0.2, 0.25) is 11.6 Å². The van der Waals surface area contributed by atoms with Crippen LogP contribution in [0, 0.1) is 58.2 Å². The van der Waals surface area contributed by atoms with Crippen molar-refractivity contribution in [1.82, 2.24) is 4.72 Å². The van der Waals surface area contributed by atoms with Gasteiger partial charge in [-0.15, -0.1) is 0 Å². The molecular formula is C17H5F10NO2S. The zero-order chi connectivity index (χ0) is 23.6. The Kier molecular flexibility index (Phi) is 7.38. The third kappa shape index (κ3) is 4.85. The SMILES string of the molecule is O=C(/C=C/c1c(F)c(F)c(F)c(F)c1F)N[S+]([O-])/C=C/c1c(F)c(F)c(F)c(F)c1F. The second-order valence-corrected chi connectivity index (χ2v) is 6.44. The van der Waals surface area contributed by atoms with Crippen LogP contribution in [0.3, 0.4) is 0 Å². The lowest BCUT2D eigenvalue weighted by Gasteiger charge is -2.06. The third-order valence-corrected chi connectivity index (χ3v) is 4.23. The standard InChI is InChI=1S/C17H5F10NO2S/c18-8-5(9(19)13(23)16(26)12(8)22)1-2-7(29)28-31(30)4-3-6-10(20)14(24)17(27)15(25)11(6)21/h1-4H,(H,28,29)/b2-1+,4-3+. The molecule has 0 aliphatic heterocycles. The average molecular weight is 477 g/mol. The Hall–Kier alpha value is -3.00. The van der Waals surface area contributed by atoms with Crippen LogP contribution >= 0.6 is 0 Å². The third-order valence-electron chi connectivity index (χ3n) is 3.45. The smallest absolute Gasteiger partial charge is 0.285 e. The molecule has 31 heavy (non-hydrogen) atoms. The largest absolute Gasteiger partial charge is 0.588 e. The molecule has 1 unspecified atom stereocenters. The molecule has 2 aromatic carbocycles. The number of benzene rings is 2. The van der Waals surface area contributed by atoms with E-state index < -0.39 is 86.6 Å². The molecule has 1 amide bonds. The maximum atomic E-state index is 13.5. The highest BCUT2D eigenvalue weighted by molar-refractivity contribution is 7.93. The zero-order valence-corrected chi connectivity index (χ0v) is 15.1. The molecule has 0 saturated heterocycles. The number of hydrogen-bond acceptors (Lipinski definition) is 2. The molecule has 0 saturated carbocycles. The molecule has 2 aromatic rings. The maximum absolute atomic E-state index is 13.5. The van der Waals surface area contributed by atoms with Gasteiger partial charge in [-0.3, -0.25) is 4.79 Å². The van der Waals surface area contributed by atoms with E-state index in [1.807, 2.05) is 0 Å². The van der Waals surface area contributed by atoms with E-state index in [0.717, 1.165) is 0 Å². The van der Waals surface area contributed by atoms with Crippen molar-refractivity contribution in [2.75, 3.05) is 0 Å². The van der Waals surface area contributed by atoms with Gasteiger partial charge in [-0.05, 0) is 6.08 Å². The first-order valence-corrected chi connectivity index (χ1v) is 8.70. The van der Waals surface area contributed by atoms with Gasteiger partial charge in [-0.1, -0.05) is 0 Å². The first kappa shape index (κ1) is 24.3. The summed E-state index contributed by atoms with van der Waals surface area (Å²) in [5.41, 5.74) is -2.97. The molecule has 0 fully saturated rings. The molecule has 0 aliphatic rings.